The van der Waals surface area contributed by atoms with Crippen LogP contribution >= 0.6 is 0 Å². The summed E-state index contributed by atoms with van der Waals surface area (Å²) in [6, 6.07) is 13.3. The summed E-state index contributed by atoms with van der Waals surface area (Å²) in [5, 5.41) is 3.59. The lowest BCUT2D eigenvalue weighted by molar-refractivity contribution is 0.772. The molecule has 0 atom stereocenters. The number of rotatable bonds is 2. The number of pyridine rings is 1. The van der Waals surface area contributed by atoms with Gasteiger partial charge in [-0.3, -0.25) is 4.98 Å². The Morgan fingerprint density at radius 3 is 2.41 bits per heavy atom. The van der Waals surface area contributed by atoms with Gasteiger partial charge in [-0.25, -0.2) is 0 Å². The summed E-state index contributed by atoms with van der Waals surface area (Å²) in [6.45, 7) is 2.05. The molecule has 0 fully saturated rings. The third-order valence-electron chi connectivity index (χ3n) is 3.42. The van der Waals surface area contributed by atoms with Crippen LogP contribution in [0.3, 0.4) is 0 Å². The maximum atomic E-state index is 4.31. The van der Waals surface area contributed by atoms with E-state index in [2.05, 4.69) is 40.6 Å². The van der Waals surface area contributed by atoms with E-state index in [1.807, 2.05) is 19.2 Å². The first-order chi connectivity index (χ1) is 8.33. The molecule has 1 aromatic carbocycles. The highest BCUT2D eigenvalue weighted by atomic mass is 14.9. The highest BCUT2D eigenvalue weighted by molar-refractivity contribution is 5.49. The van der Waals surface area contributed by atoms with Crippen molar-refractivity contribution in [3.63, 3.8) is 0 Å². The van der Waals surface area contributed by atoms with Crippen LogP contribution in [0.25, 0.3) is 0 Å². The third kappa shape index (κ3) is 2.03. The van der Waals surface area contributed by atoms with Crippen LogP contribution in [0.5, 0.6) is 0 Å². The van der Waals surface area contributed by atoms with Gasteiger partial charge in [0.2, 0.25) is 0 Å². The van der Waals surface area contributed by atoms with Gasteiger partial charge in [0, 0.05) is 12.2 Å². The maximum absolute atomic E-state index is 4.31. The van der Waals surface area contributed by atoms with Crippen LogP contribution in [0.4, 0.5) is 5.69 Å². The number of benzene rings is 1. The van der Waals surface area contributed by atoms with Crippen LogP contribution in [0.1, 0.15) is 16.8 Å². The normalized spacial score (nSPS) is 14.6. The molecule has 17 heavy (non-hydrogen) atoms. The lowest BCUT2D eigenvalue weighted by Crippen LogP contribution is -2.20. The Bertz CT molecular complexity index is 509. The Labute approximate surface area is 102 Å². The van der Waals surface area contributed by atoms with E-state index in [0.717, 1.165) is 24.2 Å². The number of aromatic nitrogens is 1. The van der Waals surface area contributed by atoms with Crippen LogP contribution in [-0.4, -0.2) is 11.0 Å². The number of aryl methyl sites for hydroxylation is 1. The second-order valence-corrected chi connectivity index (χ2v) is 4.65. The lowest BCUT2D eigenvalue weighted by Gasteiger charge is -2.14. The first kappa shape index (κ1) is 10.3. The van der Waals surface area contributed by atoms with Crippen molar-refractivity contribution < 1.29 is 0 Å². The number of nitrogens with zero attached hydrogens (tertiary/aromatic N) is 1. The highest BCUT2D eigenvalue weighted by Gasteiger charge is 2.20. The molecule has 0 unspecified atom stereocenters. The maximum Gasteiger partial charge on any atom is 0.0603 e. The van der Waals surface area contributed by atoms with Crippen molar-refractivity contribution >= 4 is 5.69 Å². The minimum Gasteiger partial charge on any atom is -0.380 e. The van der Waals surface area contributed by atoms with Crippen molar-refractivity contribution in [2.45, 2.75) is 25.8 Å². The molecule has 0 bridgehead atoms. The zero-order chi connectivity index (χ0) is 11.7. The van der Waals surface area contributed by atoms with E-state index in [-0.39, 0.29) is 0 Å². The Hall–Kier alpha value is -1.83. The van der Waals surface area contributed by atoms with Gasteiger partial charge in [0.05, 0.1) is 11.4 Å². The summed E-state index contributed by atoms with van der Waals surface area (Å²) >= 11 is 0. The van der Waals surface area contributed by atoms with Crippen molar-refractivity contribution in [1.29, 1.82) is 0 Å². The van der Waals surface area contributed by atoms with E-state index >= 15 is 0 Å². The van der Waals surface area contributed by atoms with Crippen molar-refractivity contribution in [2.75, 3.05) is 5.32 Å². The molecule has 3 rings (SSSR count). The van der Waals surface area contributed by atoms with Gasteiger partial charge in [-0.2, -0.15) is 0 Å². The van der Waals surface area contributed by atoms with E-state index in [9.17, 15) is 0 Å². The minimum absolute atomic E-state index is 0.510. The Morgan fingerprint density at radius 1 is 1.06 bits per heavy atom. The topological polar surface area (TPSA) is 24.9 Å². The molecule has 1 aliphatic carbocycles. The molecule has 1 aromatic heterocycles. The van der Waals surface area contributed by atoms with Crippen molar-refractivity contribution in [2.24, 2.45) is 0 Å². The fourth-order valence-electron chi connectivity index (χ4n) is 2.52. The Kier molecular flexibility index (Phi) is 2.56. The molecule has 86 valence electrons. The Morgan fingerprint density at radius 2 is 1.76 bits per heavy atom. The molecular formula is C15H16N2. The average Bonchev–Trinajstić information content (AvgIpc) is 2.74. The van der Waals surface area contributed by atoms with Gasteiger partial charge in [0.25, 0.3) is 0 Å². The third-order valence-corrected chi connectivity index (χ3v) is 3.42. The molecular weight excluding hydrogens is 208 g/mol. The van der Waals surface area contributed by atoms with Gasteiger partial charge >= 0.3 is 0 Å². The number of anilines is 1. The fraction of sp³-hybridized carbons (Fsp3) is 0.267. The monoisotopic (exact) mass is 224 g/mol. The van der Waals surface area contributed by atoms with Crippen LogP contribution in [0, 0.1) is 6.92 Å². The van der Waals surface area contributed by atoms with E-state index in [4.69, 9.17) is 0 Å². The minimum atomic E-state index is 0.510. The zero-order valence-electron chi connectivity index (χ0n) is 9.98. The van der Waals surface area contributed by atoms with Gasteiger partial charge in [-0.1, -0.05) is 24.3 Å². The highest BCUT2D eigenvalue weighted by Crippen LogP contribution is 2.24. The van der Waals surface area contributed by atoms with Gasteiger partial charge in [-0.05, 0) is 43.0 Å². The molecule has 2 heteroatoms. The first-order valence-electron chi connectivity index (χ1n) is 6.08. The molecule has 0 radical (unpaired) electrons. The van der Waals surface area contributed by atoms with Crippen LogP contribution in [0.15, 0.2) is 42.6 Å². The fourth-order valence-corrected chi connectivity index (χ4v) is 2.52. The molecule has 0 aliphatic heterocycles. The summed E-state index contributed by atoms with van der Waals surface area (Å²) in [4.78, 5) is 4.31. The Balaban J connectivity index is 1.76. The van der Waals surface area contributed by atoms with Crippen LogP contribution < -0.4 is 5.32 Å². The van der Waals surface area contributed by atoms with E-state index in [1.165, 1.54) is 11.1 Å². The number of hydrogen-bond donors (Lipinski definition) is 1. The molecule has 2 nitrogen and oxygen atoms in total. The second kappa shape index (κ2) is 4.21. The molecule has 0 saturated carbocycles. The second-order valence-electron chi connectivity index (χ2n) is 4.65. The zero-order valence-corrected chi connectivity index (χ0v) is 9.98. The van der Waals surface area contributed by atoms with Gasteiger partial charge in [-0.15, -0.1) is 0 Å². The van der Waals surface area contributed by atoms with Gasteiger partial charge < -0.3 is 5.32 Å². The predicted molar refractivity (Wildman–Crippen MR) is 70.2 cm³/mol. The molecule has 2 aromatic rings. The van der Waals surface area contributed by atoms with E-state index in [1.54, 1.807) is 0 Å². The first-order valence-corrected chi connectivity index (χ1v) is 6.08. The van der Waals surface area contributed by atoms with E-state index in [0.29, 0.717) is 6.04 Å². The van der Waals surface area contributed by atoms with Crippen molar-refractivity contribution in [1.82, 2.24) is 4.98 Å². The molecule has 1 heterocycles. The summed E-state index contributed by atoms with van der Waals surface area (Å²) < 4.78 is 0. The molecule has 1 aliphatic rings. The molecule has 1 N–H and O–H groups in total. The van der Waals surface area contributed by atoms with E-state index < -0.39 is 0 Å². The van der Waals surface area contributed by atoms with Gasteiger partial charge in [0.1, 0.15) is 0 Å². The number of fused-ring (bicyclic) bond motifs is 1. The smallest absolute Gasteiger partial charge is 0.0603 e. The van der Waals surface area contributed by atoms with Crippen molar-refractivity contribution in [3.8, 4) is 0 Å². The standard InChI is InChI=1S/C15H16N2/c1-11-15(7-4-8-16-11)17-14-9-12-5-2-3-6-13(12)10-14/h2-8,14,17H,9-10H2,1H3. The SMILES string of the molecule is Cc1ncccc1NC1Cc2ccccc2C1. The predicted octanol–water partition coefficient (Wildman–Crippen LogP) is 2.97. The number of nitrogens with one attached hydrogen (secondary N) is 1. The number of hydrogen-bond acceptors (Lipinski definition) is 2. The largest absolute Gasteiger partial charge is 0.380 e. The molecule has 0 saturated heterocycles. The van der Waals surface area contributed by atoms with Crippen LogP contribution in [0.2, 0.25) is 0 Å². The molecule has 0 amide bonds. The molecule has 0 spiro atoms. The van der Waals surface area contributed by atoms with Crippen molar-refractivity contribution in [3.05, 3.63) is 59.4 Å². The summed E-state index contributed by atoms with van der Waals surface area (Å²) in [5.41, 5.74) is 5.19. The summed E-state index contributed by atoms with van der Waals surface area (Å²) in [5.74, 6) is 0. The van der Waals surface area contributed by atoms with Gasteiger partial charge in [0.15, 0.2) is 0 Å². The summed E-state index contributed by atoms with van der Waals surface area (Å²) in [7, 11) is 0. The average molecular weight is 224 g/mol. The quantitative estimate of drug-likeness (QED) is 0.848. The summed E-state index contributed by atoms with van der Waals surface area (Å²) in [6.07, 6.45) is 4.07. The van der Waals surface area contributed by atoms with Crippen LogP contribution in [-0.2, 0) is 12.8 Å². The lowest BCUT2D eigenvalue weighted by atomic mass is 10.1.